The monoisotopic (exact) mass is 530 g/mol. The number of aliphatic hydroxyl groups is 3. The molecule has 2 aliphatic rings. The molecule has 4 N–H and O–H groups in total. The van der Waals surface area contributed by atoms with Crippen LogP contribution >= 0.6 is 11.8 Å². The minimum absolute atomic E-state index is 0.121. The summed E-state index contributed by atoms with van der Waals surface area (Å²) in [7, 11) is 0. The van der Waals surface area contributed by atoms with E-state index in [1.165, 1.54) is 19.1 Å². The zero-order chi connectivity index (χ0) is 36.3. The number of hydrogen-bond acceptors (Lipinski definition) is 10. The molecule has 1 aromatic carbocycles. The van der Waals surface area contributed by atoms with E-state index in [4.69, 9.17) is 21.2 Å². The molecule has 0 spiro atoms. The van der Waals surface area contributed by atoms with Crippen LogP contribution in [0, 0.1) is 12.7 Å². The largest absolute Gasteiger partial charge is 0.394 e. The summed E-state index contributed by atoms with van der Waals surface area (Å²) in [6, 6.07) is -1.67. The van der Waals surface area contributed by atoms with Crippen LogP contribution in [0.3, 0.4) is 0 Å². The van der Waals surface area contributed by atoms with Gasteiger partial charge in [0.05, 0.1) is 32.2 Å². The van der Waals surface area contributed by atoms with Crippen LogP contribution < -0.4 is 5.32 Å². The zero-order valence-electron chi connectivity index (χ0n) is 31.1. The minimum Gasteiger partial charge on any atom is -0.394 e. The number of nitrogens with zero attached hydrogens (tertiary/aromatic N) is 5. The van der Waals surface area contributed by atoms with E-state index in [1.807, 2.05) is 0 Å². The normalized spacial score (nSPS) is 46.9. The number of rotatable bonds is 10. The molecule has 2 heterocycles. The van der Waals surface area contributed by atoms with Gasteiger partial charge in [-0.3, -0.25) is 0 Å². The van der Waals surface area contributed by atoms with Gasteiger partial charge in [-0.2, -0.15) is 0 Å². The van der Waals surface area contributed by atoms with Gasteiger partial charge in [0.2, 0.25) is 0 Å². The predicted molar refractivity (Wildman–Crippen MR) is 133 cm³/mol. The summed E-state index contributed by atoms with van der Waals surface area (Å²) >= 11 is 0.121. The smallest absolute Gasteiger partial charge is 0.191 e. The quantitative estimate of drug-likeness (QED) is 0.228. The van der Waals surface area contributed by atoms with Crippen LogP contribution in [0.4, 0.5) is 10.2 Å². The van der Waals surface area contributed by atoms with Gasteiger partial charge in [0.25, 0.3) is 0 Å². The maximum absolute atomic E-state index is 14.4. The Bertz CT molecular complexity index is 1780. The third kappa shape index (κ3) is 4.92. The molecule has 5 rings (SSSR count). The maximum Gasteiger partial charge on any atom is 0.191 e. The second-order valence-electron chi connectivity index (χ2n) is 7.78. The number of nitrogens with one attached hydrogen (secondary N) is 1. The van der Waals surface area contributed by atoms with Gasteiger partial charge in [0.1, 0.15) is 18.0 Å². The third-order valence-corrected chi connectivity index (χ3v) is 6.02. The average Bonchev–Trinajstić information content (AvgIpc) is 3.25. The Morgan fingerprint density at radius 2 is 2.19 bits per heavy atom. The van der Waals surface area contributed by atoms with Crippen LogP contribution in [0.25, 0.3) is 11.2 Å². The standard InChI is InChI=1S/C24H31FN6O4S/c1-3-8-36-24-27-22(26-16-10-14(16)13-5-4-12(2)15(25)9-13)19-23(28-24)31(30-29-19)17-11-18(35-7-6-32)21(34)20(17)33/h4-5,9,14,16-18,20-21,32-34H,3,6-8,10-11H2,1-2H3,(H,26,27,28)/t14-,16+,17+,18-,20-,21+/m0/s1/i3D2,8D2,11D2,14D,16D,17D,18D,20D,21D. The van der Waals surface area contributed by atoms with E-state index in [9.17, 15) is 19.7 Å². The Morgan fingerprint density at radius 1 is 1.36 bits per heavy atom. The van der Waals surface area contributed by atoms with E-state index >= 15 is 0 Å². The highest BCUT2D eigenvalue weighted by atomic mass is 32.2. The fourth-order valence-corrected chi connectivity index (χ4v) is 3.94. The molecular weight excluding hydrogens is 487 g/mol. The van der Waals surface area contributed by atoms with Crippen LogP contribution in [0.2, 0.25) is 0 Å². The minimum atomic E-state index is -4.00. The molecule has 2 saturated carbocycles. The van der Waals surface area contributed by atoms with E-state index in [0.29, 0.717) is 5.56 Å². The van der Waals surface area contributed by atoms with Gasteiger partial charge in [0, 0.05) is 33.6 Å². The summed E-state index contributed by atoms with van der Waals surface area (Å²) in [5.74, 6) is -2.86. The first-order valence-electron chi connectivity index (χ1n) is 16.8. The number of halogens is 1. The summed E-state index contributed by atoms with van der Waals surface area (Å²) in [6.45, 7) is 0.757. The first-order chi connectivity index (χ1) is 21.7. The summed E-state index contributed by atoms with van der Waals surface area (Å²) in [5.41, 5.74) is -3.58. The second kappa shape index (κ2) is 10.5. The van der Waals surface area contributed by atoms with Crippen molar-refractivity contribution in [2.45, 2.75) is 74.3 Å². The molecule has 0 amide bonds. The molecular formula is C24H31FN6O4S. The van der Waals surface area contributed by atoms with Gasteiger partial charge < -0.3 is 25.4 Å². The number of aryl methyl sites for hydroxylation is 1. The molecule has 2 aromatic heterocycles. The summed E-state index contributed by atoms with van der Waals surface area (Å²) < 4.78 is 121. The summed E-state index contributed by atoms with van der Waals surface area (Å²) in [4.78, 5) is 8.21. The molecule has 0 unspecified atom stereocenters. The molecule has 2 aliphatic carbocycles. The van der Waals surface area contributed by atoms with Crippen molar-refractivity contribution in [1.29, 1.82) is 0 Å². The van der Waals surface area contributed by atoms with Crippen LogP contribution in [-0.4, -0.2) is 83.5 Å². The number of aliphatic hydroxyl groups excluding tert-OH is 1. The van der Waals surface area contributed by atoms with E-state index < -0.39 is 95.8 Å². The zero-order valence-corrected chi connectivity index (χ0v) is 19.9. The fourth-order valence-electron chi connectivity index (χ4n) is 3.48. The van der Waals surface area contributed by atoms with E-state index in [2.05, 4.69) is 25.6 Å². The van der Waals surface area contributed by atoms with E-state index in [-0.39, 0.29) is 28.4 Å². The predicted octanol–water partition coefficient (Wildman–Crippen LogP) is 2.18. The third-order valence-electron chi connectivity index (χ3n) is 5.35. The molecule has 0 saturated heterocycles. The van der Waals surface area contributed by atoms with Gasteiger partial charge in [0.15, 0.2) is 22.1 Å². The van der Waals surface area contributed by atoms with Crippen molar-refractivity contribution in [3.63, 3.8) is 0 Å². The molecule has 0 radical (unpaired) electrons. The van der Waals surface area contributed by atoms with Crippen molar-refractivity contribution in [2.24, 2.45) is 0 Å². The average molecular weight is 531 g/mol. The van der Waals surface area contributed by atoms with Crippen molar-refractivity contribution in [2.75, 3.05) is 24.2 Å². The molecule has 36 heavy (non-hydrogen) atoms. The highest BCUT2D eigenvalue weighted by Crippen LogP contribution is 2.44. The number of anilines is 1. The van der Waals surface area contributed by atoms with Crippen molar-refractivity contribution in [3.8, 4) is 0 Å². The number of aromatic nitrogens is 5. The molecule has 6 atom stereocenters. The first-order valence-corrected chi connectivity index (χ1v) is 11.6. The lowest BCUT2D eigenvalue weighted by Crippen LogP contribution is -2.33. The summed E-state index contributed by atoms with van der Waals surface area (Å²) in [5, 5.41) is 40.9. The van der Waals surface area contributed by atoms with Gasteiger partial charge in [-0.1, -0.05) is 36.0 Å². The van der Waals surface area contributed by atoms with Crippen LogP contribution in [0.1, 0.15) is 65.6 Å². The highest BCUT2D eigenvalue weighted by molar-refractivity contribution is 7.99. The Morgan fingerprint density at radius 3 is 2.94 bits per heavy atom. The molecule has 194 valence electrons. The van der Waals surface area contributed by atoms with E-state index in [1.54, 1.807) is 0 Å². The topological polar surface area (TPSA) is 138 Å². The van der Waals surface area contributed by atoms with Gasteiger partial charge in [-0.15, -0.1) is 5.10 Å². The van der Waals surface area contributed by atoms with Crippen molar-refractivity contribution in [1.82, 2.24) is 25.0 Å². The van der Waals surface area contributed by atoms with Crippen molar-refractivity contribution < 1.29 is 40.9 Å². The second-order valence-corrected chi connectivity index (χ2v) is 8.55. The number of ether oxygens (including phenoxy) is 1. The van der Waals surface area contributed by atoms with Crippen molar-refractivity contribution in [3.05, 3.63) is 35.1 Å². The maximum atomic E-state index is 14.4. The molecule has 10 nitrogen and oxygen atoms in total. The highest BCUT2D eigenvalue weighted by Gasteiger charge is 2.45. The first kappa shape index (κ1) is 14.5. The Hall–Kier alpha value is -2.38. The molecule has 0 bridgehead atoms. The molecule has 2 fully saturated rings. The lowest BCUT2D eigenvalue weighted by atomic mass is 10.1. The number of thioether (sulfide) groups is 1. The number of hydrogen-bond donors (Lipinski definition) is 4. The number of fused-ring (bicyclic) bond motifs is 1. The van der Waals surface area contributed by atoms with Gasteiger partial charge in [-0.25, -0.2) is 19.0 Å². The van der Waals surface area contributed by atoms with Crippen LogP contribution in [0.15, 0.2) is 23.4 Å². The Kier molecular flexibility index (Phi) is 4.25. The van der Waals surface area contributed by atoms with Gasteiger partial charge >= 0.3 is 0 Å². The summed E-state index contributed by atoms with van der Waals surface area (Å²) in [6.07, 6.45) is -18.0. The van der Waals surface area contributed by atoms with E-state index in [0.717, 1.165) is 13.0 Å². The number of benzene rings is 1. The van der Waals surface area contributed by atoms with Gasteiger partial charge in [-0.05, 0) is 36.9 Å². The van der Waals surface area contributed by atoms with Crippen LogP contribution in [0.5, 0.6) is 0 Å². The lowest BCUT2D eigenvalue weighted by molar-refractivity contribution is -0.0629. The lowest BCUT2D eigenvalue weighted by Gasteiger charge is -2.17. The Balaban J connectivity index is 1.71. The fraction of sp³-hybridized carbons (Fsp3) is 0.583. The Labute approximate surface area is 229 Å². The van der Waals surface area contributed by atoms with Crippen molar-refractivity contribution >= 4 is 28.7 Å². The molecule has 0 aliphatic heterocycles. The molecule has 3 aromatic rings. The molecule has 12 heteroatoms. The van der Waals surface area contributed by atoms with Crippen LogP contribution in [-0.2, 0) is 4.74 Å². The SMILES string of the molecule is [2H]C([2H])(C)C([2H])([2H])Sc1nc(N[C@]2([2H])C[C@@]2([2H])c2ccc(C)c(F)c2)c2nnn([C@]3([2H])C([2H])([2H])[C@]([2H])(OCCO)[C@@]([2H])(O)[C@@]3([2H])O)c2n1.